The Morgan fingerprint density at radius 3 is 3.00 bits per heavy atom. The minimum Gasteiger partial charge on any atom is -0.477 e. The zero-order chi connectivity index (χ0) is 20.2. The molecule has 2 aromatic rings. The van der Waals surface area contributed by atoms with Crippen LogP contribution in [0.25, 0.3) is 0 Å². The number of anilines is 1. The van der Waals surface area contributed by atoms with Crippen molar-refractivity contribution in [3.05, 3.63) is 28.7 Å². The number of aromatic nitrogens is 3. The van der Waals surface area contributed by atoms with Crippen molar-refractivity contribution in [2.45, 2.75) is 62.8 Å². The number of pyridine rings is 1. The molecule has 2 amide bonds. The summed E-state index contributed by atoms with van der Waals surface area (Å²) in [4.78, 5) is 17.7. The molecule has 1 atom stereocenters. The minimum absolute atomic E-state index is 0.155. The van der Waals surface area contributed by atoms with Crippen molar-refractivity contribution in [1.82, 2.24) is 14.8 Å². The molecule has 10 heteroatoms. The fourth-order valence-corrected chi connectivity index (χ4v) is 5.18. The van der Waals surface area contributed by atoms with Gasteiger partial charge in [0.1, 0.15) is 4.90 Å². The Morgan fingerprint density at radius 2 is 2.21 bits per heavy atom. The molecule has 1 fully saturated rings. The van der Waals surface area contributed by atoms with E-state index in [9.17, 15) is 9.00 Å². The number of hydrogen-bond acceptors (Lipinski definition) is 5. The van der Waals surface area contributed by atoms with E-state index >= 15 is 0 Å². The third-order valence-electron chi connectivity index (χ3n) is 5.75. The third-order valence-corrected chi connectivity index (χ3v) is 7.09. The van der Waals surface area contributed by atoms with Crippen LogP contribution in [0.4, 0.5) is 10.5 Å². The van der Waals surface area contributed by atoms with E-state index in [2.05, 4.69) is 14.8 Å². The van der Waals surface area contributed by atoms with E-state index in [1.165, 1.54) is 6.20 Å². The van der Waals surface area contributed by atoms with Crippen LogP contribution in [-0.2, 0) is 29.3 Å². The van der Waals surface area contributed by atoms with Gasteiger partial charge in [-0.2, -0.15) is 5.10 Å². The lowest BCUT2D eigenvalue weighted by Gasteiger charge is -2.17. The molecule has 1 aliphatic heterocycles. The molecule has 0 bridgehead atoms. The Kier molecular flexibility index (Phi) is 4.36. The third kappa shape index (κ3) is 3.29. The first-order valence-electron chi connectivity index (χ1n) is 10.0. The SMILES string of the molecule is Cc1c(C2CC2)nc2c(c1NC(=O)N=S(N)(=O)c1cnn3c1OCCC3)CCC2. The fraction of sp³-hybridized carbons (Fsp3) is 0.526. The molecular formula is C19H24N6O3S. The smallest absolute Gasteiger partial charge is 0.354 e. The molecule has 1 unspecified atom stereocenters. The first-order chi connectivity index (χ1) is 13.9. The second-order valence-corrected chi connectivity index (χ2v) is 9.64. The van der Waals surface area contributed by atoms with Crippen molar-refractivity contribution in [3.63, 3.8) is 0 Å². The predicted octanol–water partition coefficient (Wildman–Crippen LogP) is 2.67. The van der Waals surface area contributed by atoms with Crippen LogP contribution in [0.1, 0.15) is 54.1 Å². The number of fused-ring (bicyclic) bond motifs is 2. The molecule has 3 N–H and O–H groups in total. The number of carbonyl (C=O) groups excluding carboxylic acids is 1. The van der Waals surface area contributed by atoms with Gasteiger partial charge in [0.05, 0.1) is 18.5 Å². The van der Waals surface area contributed by atoms with Crippen LogP contribution >= 0.6 is 0 Å². The van der Waals surface area contributed by atoms with Crippen LogP contribution in [0.15, 0.2) is 15.5 Å². The molecule has 29 heavy (non-hydrogen) atoms. The molecule has 0 radical (unpaired) electrons. The van der Waals surface area contributed by atoms with Gasteiger partial charge in [-0.3, -0.25) is 4.98 Å². The second-order valence-electron chi connectivity index (χ2n) is 7.88. The molecule has 0 spiro atoms. The highest BCUT2D eigenvalue weighted by Crippen LogP contribution is 2.44. The van der Waals surface area contributed by atoms with E-state index < -0.39 is 15.9 Å². The van der Waals surface area contributed by atoms with Crippen molar-refractivity contribution in [2.75, 3.05) is 11.9 Å². The lowest BCUT2D eigenvalue weighted by Crippen LogP contribution is -2.21. The summed E-state index contributed by atoms with van der Waals surface area (Å²) < 4.78 is 24.0. The molecule has 1 saturated carbocycles. The average molecular weight is 417 g/mol. The van der Waals surface area contributed by atoms with Gasteiger partial charge < -0.3 is 10.1 Å². The summed E-state index contributed by atoms with van der Waals surface area (Å²) in [6, 6.07) is -0.724. The van der Waals surface area contributed by atoms with Gasteiger partial charge in [-0.1, -0.05) is 0 Å². The Bertz CT molecular complexity index is 1130. The van der Waals surface area contributed by atoms with E-state index in [0.717, 1.165) is 66.7 Å². The molecule has 0 saturated heterocycles. The van der Waals surface area contributed by atoms with Crippen LogP contribution in [0.3, 0.4) is 0 Å². The van der Waals surface area contributed by atoms with E-state index in [1.807, 2.05) is 6.92 Å². The molecule has 5 rings (SSSR count). The van der Waals surface area contributed by atoms with E-state index in [0.29, 0.717) is 24.9 Å². The number of hydrogen-bond donors (Lipinski definition) is 2. The van der Waals surface area contributed by atoms with Gasteiger partial charge in [0, 0.05) is 30.3 Å². The van der Waals surface area contributed by atoms with E-state index in [4.69, 9.17) is 14.9 Å². The van der Waals surface area contributed by atoms with E-state index in [-0.39, 0.29) is 4.90 Å². The summed E-state index contributed by atoms with van der Waals surface area (Å²) in [6.45, 7) is 3.13. The van der Waals surface area contributed by atoms with Crippen molar-refractivity contribution < 1.29 is 13.7 Å². The predicted molar refractivity (Wildman–Crippen MR) is 107 cm³/mol. The maximum absolute atomic E-state index is 13.0. The van der Waals surface area contributed by atoms with Crippen molar-refractivity contribution in [3.8, 4) is 5.88 Å². The van der Waals surface area contributed by atoms with Crippen LogP contribution in [-0.4, -0.2) is 31.6 Å². The van der Waals surface area contributed by atoms with E-state index in [1.54, 1.807) is 4.68 Å². The van der Waals surface area contributed by atoms with Crippen LogP contribution < -0.4 is 15.2 Å². The quantitative estimate of drug-likeness (QED) is 0.796. The summed E-state index contributed by atoms with van der Waals surface area (Å²) >= 11 is 0. The highest BCUT2D eigenvalue weighted by atomic mass is 32.2. The number of rotatable bonds is 3. The Morgan fingerprint density at radius 1 is 1.38 bits per heavy atom. The number of nitrogens with two attached hydrogens (primary N) is 1. The summed E-state index contributed by atoms with van der Waals surface area (Å²) in [6.07, 6.45) is 7.26. The van der Waals surface area contributed by atoms with Gasteiger partial charge in [-0.25, -0.2) is 18.8 Å². The summed E-state index contributed by atoms with van der Waals surface area (Å²) in [5.74, 6) is 0.806. The second kappa shape index (κ2) is 6.81. The zero-order valence-corrected chi connectivity index (χ0v) is 17.1. The number of aryl methyl sites for hydroxylation is 2. The molecule has 2 aromatic heterocycles. The van der Waals surface area contributed by atoms with Crippen molar-refractivity contribution in [2.24, 2.45) is 9.50 Å². The fourth-order valence-electron chi connectivity index (χ4n) is 4.18. The molecule has 9 nitrogen and oxygen atoms in total. The number of carbonyl (C=O) groups is 1. The molecular weight excluding hydrogens is 392 g/mol. The Labute approximate surface area is 169 Å². The maximum atomic E-state index is 13.0. The lowest BCUT2D eigenvalue weighted by atomic mass is 10.0. The molecule has 3 heterocycles. The maximum Gasteiger partial charge on any atom is 0.354 e. The van der Waals surface area contributed by atoms with Gasteiger partial charge in [-0.05, 0) is 50.2 Å². The zero-order valence-electron chi connectivity index (χ0n) is 16.3. The van der Waals surface area contributed by atoms with Gasteiger partial charge in [0.25, 0.3) is 0 Å². The van der Waals surface area contributed by atoms with Crippen LogP contribution in [0, 0.1) is 6.92 Å². The Balaban J connectivity index is 1.48. The molecule has 0 aromatic carbocycles. The molecule has 154 valence electrons. The first-order valence-corrected chi connectivity index (χ1v) is 11.6. The van der Waals surface area contributed by atoms with Crippen LogP contribution in [0.2, 0.25) is 0 Å². The highest BCUT2D eigenvalue weighted by molar-refractivity contribution is 7.91. The van der Waals surface area contributed by atoms with Crippen molar-refractivity contribution in [1.29, 1.82) is 0 Å². The summed E-state index contributed by atoms with van der Waals surface area (Å²) in [7, 11) is -3.48. The normalized spacial score (nSPS) is 19.7. The monoisotopic (exact) mass is 416 g/mol. The summed E-state index contributed by atoms with van der Waals surface area (Å²) in [5.41, 5.74) is 4.91. The Hall–Kier alpha value is -2.46. The van der Waals surface area contributed by atoms with Gasteiger partial charge in [-0.15, -0.1) is 4.36 Å². The van der Waals surface area contributed by atoms with Gasteiger partial charge >= 0.3 is 6.03 Å². The average Bonchev–Trinajstić information content (AvgIpc) is 3.24. The number of amides is 2. The van der Waals surface area contributed by atoms with Crippen LogP contribution in [0.5, 0.6) is 5.88 Å². The molecule has 2 aliphatic carbocycles. The topological polar surface area (TPSA) is 124 Å². The highest BCUT2D eigenvalue weighted by Gasteiger charge is 2.31. The van der Waals surface area contributed by atoms with Crippen molar-refractivity contribution >= 4 is 21.6 Å². The lowest BCUT2D eigenvalue weighted by molar-refractivity contribution is 0.224. The number of ether oxygens (including phenoxy) is 1. The number of urea groups is 1. The number of nitrogens with one attached hydrogen (secondary N) is 1. The first kappa shape index (κ1) is 18.6. The van der Waals surface area contributed by atoms with Gasteiger partial charge in [0.15, 0.2) is 9.92 Å². The largest absolute Gasteiger partial charge is 0.477 e. The standard InChI is InChI=1S/C19H24N6O3S/c1-11-16(12-6-7-12)22-14-5-2-4-13(14)17(11)23-19(26)24-29(20,27)15-10-21-25-8-3-9-28-18(15)25/h10,12H,2-9H2,1H3,(H3,20,22,23,24,26,27). The summed E-state index contributed by atoms with van der Waals surface area (Å²) in [5, 5.41) is 13.0. The molecule has 3 aliphatic rings. The van der Waals surface area contributed by atoms with Gasteiger partial charge in [0.2, 0.25) is 5.88 Å². The minimum atomic E-state index is -3.48. The number of nitrogens with zero attached hydrogens (tertiary/aromatic N) is 4.